The van der Waals surface area contributed by atoms with E-state index in [4.69, 9.17) is 9.15 Å². The second-order valence-electron chi connectivity index (χ2n) is 6.39. The fourth-order valence-electron chi connectivity index (χ4n) is 2.88. The SMILES string of the molecule is Fc1ccccc1CN=C(NCCc1ccco1)NCCN1CCOCC1.I. The molecule has 2 N–H and O–H groups in total. The lowest BCUT2D eigenvalue weighted by atomic mass is 10.2. The number of morpholine rings is 1. The van der Waals surface area contributed by atoms with Gasteiger partial charge in [-0.1, -0.05) is 18.2 Å². The molecule has 3 rings (SSSR count). The van der Waals surface area contributed by atoms with Gasteiger partial charge in [-0.2, -0.15) is 0 Å². The van der Waals surface area contributed by atoms with Crippen LogP contribution in [-0.4, -0.2) is 56.8 Å². The minimum absolute atomic E-state index is 0. The van der Waals surface area contributed by atoms with Crippen LogP contribution in [0.3, 0.4) is 0 Å². The number of rotatable bonds is 8. The van der Waals surface area contributed by atoms with E-state index in [1.165, 1.54) is 6.07 Å². The predicted octanol–water partition coefficient (Wildman–Crippen LogP) is 2.65. The minimum atomic E-state index is -0.232. The molecule has 1 aromatic carbocycles. The van der Waals surface area contributed by atoms with Crippen molar-refractivity contribution in [1.82, 2.24) is 15.5 Å². The maximum Gasteiger partial charge on any atom is 0.191 e. The van der Waals surface area contributed by atoms with Crippen LogP contribution in [0.15, 0.2) is 52.1 Å². The summed E-state index contributed by atoms with van der Waals surface area (Å²) in [5.74, 6) is 1.37. The Morgan fingerprint density at radius 2 is 1.86 bits per heavy atom. The molecule has 0 unspecified atom stereocenters. The summed E-state index contributed by atoms with van der Waals surface area (Å²) < 4.78 is 24.6. The fourth-order valence-corrected chi connectivity index (χ4v) is 2.88. The number of hydrogen-bond donors (Lipinski definition) is 2. The summed E-state index contributed by atoms with van der Waals surface area (Å²) in [6.07, 6.45) is 2.43. The molecule has 1 aliphatic heterocycles. The van der Waals surface area contributed by atoms with Crippen LogP contribution >= 0.6 is 24.0 Å². The van der Waals surface area contributed by atoms with Gasteiger partial charge in [0.1, 0.15) is 11.6 Å². The molecule has 28 heavy (non-hydrogen) atoms. The first-order valence-electron chi connectivity index (χ1n) is 9.39. The Hall–Kier alpha value is -1.65. The number of aliphatic imine (C=N–C) groups is 1. The summed E-state index contributed by atoms with van der Waals surface area (Å²) >= 11 is 0. The summed E-state index contributed by atoms with van der Waals surface area (Å²) in [7, 11) is 0. The number of nitrogens with one attached hydrogen (secondary N) is 2. The van der Waals surface area contributed by atoms with Gasteiger partial charge in [-0.15, -0.1) is 24.0 Å². The highest BCUT2D eigenvalue weighted by atomic mass is 127. The molecular formula is C20H28FIN4O2. The number of nitrogens with zero attached hydrogens (tertiary/aromatic N) is 2. The Bertz CT molecular complexity index is 706. The highest BCUT2D eigenvalue weighted by molar-refractivity contribution is 14.0. The van der Waals surface area contributed by atoms with Crippen molar-refractivity contribution >= 4 is 29.9 Å². The van der Waals surface area contributed by atoms with E-state index in [2.05, 4.69) is 20.5 Å². The molecule has 0 atom stereocenters. The number of hydrogen-bond acceptors (Lipinski definition) is 4. The minimum Gasteiger partial charge on any atom is -0.469 e. The Morgan fingerprint density at radius 1 is 1.07 bits per heavy atom. The third-order valence-electron chi connectivity index (χ3n) is 4.43. The molecule has 1 saturated heterocycles. The van der Waals surface area contributed by atoms with Gasteiger partial charge in [0, 0.05) is 44.7 Å². The Kier molecular flexibility index (Phi) is 10.3. The lowest BCUT2D eigenvalue weighted by Gasteiger charge is -2.26. The van der Waals surface area contributed by atoms with Gasteiger partial charge >= 0.3 is 0 Å². The summed E-state index contributed by atoms with van der Waals surface area (Å²) in [6, 6.07) is 10.6. The third kappa shape index (κ3) is 7.76. The summed E-state index contributed by atoms with van der Waals surface area (Å²) in [5.41, 5.74) is 0.581. The van der Waals surface area contributed by atoms with Crippen molar-refractivity contribution in [2.24, 2.45) is 4.99 Å². The molecule has 0 amide bonds. The fraction of sp³-hybridized carbons (Fsp3) is 0.450. The number of benzene rings is 1. The Balaban J connectivity index is 0.00000280. The smallest absolute Gasteiger partial charge is 0.191 e. The quantitative estimate of drug-likeness (QED) is 0.330. The van der Waals surface area contributed by atoms with E-state index in [1.807, 2.05) is 18.2 Å². The van der Waals surface area contributed by atoms with Crippen LogP contribution in [0.1, 0.15) is 11.3 Å². The molecule has 1 fully saturated rings. The van der Waals surface area contributed by atoms with E-state index in [0.29, 0.717) is 24.6 Å². The van der Waals surface area contributed by atoms with Crippen LogP contribution in [-0.2, 0) is 17.7 Å². The van der Waals surface area contributed by atoms with Gasteiger partial charge in [0.15, 0.2) is 5.96 Å². The van der Waals surface area contributed by atoms with Gasteiger partial charge in [0.2, 0.25) is 0 Å². The van der Waals surface area contributed by atoms with E-state index in [1.54, 1.807) is 18.4 Å². The van der Waals surface area contributed by atoms with E-state index >= 15 is 0 Å². The Morgan fingerprint density at radius 3 is 2.61 bits per heavy atom. The van der Waals surface area contributed by atoms with Crippen LogP contribution in [0.4, 0.5) is 4.39 Å². The van der Waals surface area contributed by atoms with E-state index in [-0.39, 0.29) is 29.8 Å². The number of guanidine groups is 1. The van der Waals surface area contributed by atoms with Gasteiger partial charge in [-0.05, 0) is 18.2 Å². The van der Waals surface area contributed by atoms with Crippen molar-refractivity contribution in [3.05, 3.63) is 59.8 Å². The highest BCUT2D eigenvalue weighted by Gasteiger charge is 2.10. The molecular weight excluding hydrogens is 474 g/mol. The van der Waals surface area contributed by atoms with Crippen LogP contribution in [0, 0.1) is 5.82 Å². The number of furan rings is 1. The van der Waals surface area contributed by atoms with Crippen molar-refractivity contribution < 1.29 is 13.5 Å². The predicted molar refractivity (Wildman–Crippen MR) is 119 cm³/mol. The van der Waals surface area contributed by atoms with Crippen LogP contribution < -0.4 is 10.6 Å². The van der Waals surface area contributed by atoms with Gasteiger partial charge < -0.3 is 19.8 Å². The van der Waals surface area contributed by atoms with E-state index in [9.17, 15) is 4.39 Å². The zero-order valence-electron chi connectivity index (χ0n) is 15.9. The van der Waals surface area contributed by atoms with Gasteiger partial charge in [-0.25, -0.2) is 9.38 Å². The molecule has 0 saturated carbocycles. The zero-order valence-corrected chi connectivity index (χ0v) is 18.2. The van der Waals surface area contributed by atoms with Crippen molar-refractivity contribution in [2.45, 2.75) is 13.0 Å². The normalized spacial score (nSPS) is 15.1. The van der Waals surface area contributed by atoms with E-state index < -0.39 is 0 Å². The summed E-state index contributed by atoms with van der Waals surface area (Å²) in [5, 5.41) is 6.64. The van der Waals surface area contributed by atoms with Gasteiger partial charge in [0.05, 0.1) is 26.0 Å². The van der Waals surface area contributed by atoms with Crippen molar-refractivity contribution in [1.29, 1.82) is 0 Å². The van der Waals surface area contributed by atoms with Crippen molar-refractivity contribution in [3.8, 4) is 0 Å². The molecule has 0 aliphatic carbocycles. The average molecular weight is 502 g/mol. The molecule has 0 bridgehead atoms. The first-order valence-corrected chi connectivity index (χ1v) is 9.39. The molecule has 0 spiro atoms. The van der Waals surface area contributed by atoms with E-state index in [0.717, 1.165) is 51.6 Å². The number of ether oxygens (including phenoxy) is 1. The maximum atomic E-state index is 13.8. The first kappa shape index (κ1) is 22.6. The molecule has 1 aliphatic rings. The number of halogens is 2. The average Bonchev–Trinajstić information content (AvgIpc) is 3.21. The summed E-state index contributed by atoms with van der Waals surface area (Å²) in [4.78, 5) is 6.89. The standard InChI is InChI=1S/C20H27FN4O2.HI/c21-19-6-2-1-4-17(19)16-24-20(22-8-7-18-5-3-13-27-18)23-9-10-25-11-14-26-15-12-25;/h1-6,13H,7-12,14-16H2,(H2,22,23,24);1H. The molecule has 8 heteroatoms. The van der Waals surface area contributed by atoms with Gasteiger partial charge in [0.25, 0.3) is 0 Å². The largest absolute Gasteiger partial charge is 0.469 e. The highest BCUT2D eigenvalue weighted by Crippen LogP contribution is 2.07. The summed E-state index contributed by atoms with van der Waals surface area (Å²) in [6.45, 7) is 6.15. The van der Waals surface area contributed by atoms with Crippen LogP contribution in [0.25, 0.3) is 0 Å². The van der Waals surface area contributed by atoms with Crippen molar-refractivity contribution in [2.75, 3.05) is 45.9 Å². The first-order chi connectivity index (χ1) is 13.3. The van der Waals surface area contributed by atoms with Gasteiger partial charge in [-0.3, -0.25) is 4.90 Å². The topological polar surface area (TPSA) is 62.0 Å². The molecule has 0 radical (unpaired) electrons. The lowest BCUT2D eigenvalue weighted by molar-refractivity contribution is 0.0389. The third-order valence-corrected chi connectivity index (χ3v) is 4.43. The molecule has 6 nitrogen and oxygen atoms in total. The Labute approximate surface area is 182 Å². The lowest BCUT2D eigenvalue weighted by Crippen LogP contribution is -2.44. The molecule has 154 valence electrons. The van der Waals surface area contributed by atoms with Crippen molar-refractivity contribution in [3.63, 3.8) is 0 Å². The molecule has 2 aromatic rings. The maximum absolute atomic E-state index is 13.8. The second-order valence-corrected chi connectivity index (χ2v) is 6.39. The molecule has 1 aromatic heterocycles. The van der Waals surface area contributed by atoms with Crippen LogP contribution in [0.5, 0.6) is 0 Å². The van der Waals surface area contributed by atoms with Crippen LogP contribution in [0.2, 0.25) is 0 Å². The zero-order chi connectivity index (χ0) is 18.7. The second kappa shape index (κ2) is 12.7. The monoisotopic (exact) mass is 502 g/mol. The molecule has 2 heterocycles.